The number of halogens is 1. The number of aryl methyl sites for hydroxylation is 1. The maximum Gasteiger partial charge on any atom is 0.256 e. The summed E-state index contributed by atoms with van der Waals surface area (Å²) in [5.74, 6) is -0.352. The second-order valence-corrected chi connectivity index (χ2v) is 8.03. The van der Waals surface area contributed by atoms with E-state index >= 15 is 0 Å². The van der Waals surface area contributed by atoms with Crippen LogP contribution in [0.4, 0.5) is 10.2 Å². The number of carbonyl (C=O) groups excluding carboxylic acids is 1. The van der Waals surface area contributed by atoms with Crippen molar-refractivity contribution in [3.63, 3.8) is 0 Å². The summed E-state index contributed by atoms with van der Waals surface area (Å²) in [6, 6.07) is 11.1. The molecule has 0 bridgehead atoms. The van der Waals surface area contributed by atoms with Crippen molar-refractivity contribution < 1.29 is 9.18 Å². The maximum absolute atomic E-state index is 13.1. The number of aromatic nitrogens is 4. The standard InChI is InChI=1S/C24H23FN6O/c1-30-22(15-31-10-2-3-11-31)19(14-27-30)20-9-6-17-13-26-23(12-21(17)28-20)29-24(32)16-4-7-18(25)8-5-16/h4-9,12-14H,2-3,10-11,15H2,1H3,(H,26,29,32). The first kappa shape index (κ1) is 20.3. The average molecular weight is 430 g/mol. The molecule has 0 radical (unpaired) electrons. The van der Waals surface area contributed by atoms with E-state index in [0.29, 0.717) is 11.4 Å². The molecule has 3 aromatic heterocycles. The fraction of sp³-hybridized carbons (Fsp3) is 0.250. The Kier molecular flexibility index (Phi) is 5.36. The van der Waals surface area contributed by atoms with Gasteiger partial charge in [0.2, 0.25) is 0 Å². The molecule has 162 valence electrons. The normalized spacial score (nSPS) is 14.2. The van der Waals surface area contributed by atoms with E-state index in [0.717, 1.165) is 47.5 Å². The van der Waals surface area contributed by atoms with Gasteiger partial charge in [-0.25, -0.2) is 14.4 Å². The van der Waals surface area contributed by atoms with Gasteiger partial charge in [0.15, 0.2) is 0 Å². The van der Waals surface area contributed by atoms with Crippen LogP contribution < -0.4 is 5.32 Å². The van der Waals surface area contributed by atoms with Crippen molar-refractivity contribution in [3.05, 3.63) is 71.9 Å². The molecule has 0 spiro atoms. The van der Waals surface area contributed by atoms with Gasteiger partial charge in [0.1, 0.15) is 11.6 Å². The van der Waals surface area contributed by atoms with Crippen molar-refractivity contribution in [1.82, 2.24) is 24.6 Å². The SMILES string of the molecule is Cn1ncc(-c2ccc3cnc(NC(=O)c4ccc(F)cc4)cc3n2)c1CN1CCCC1. The van der Waals surface area contributed by atoms with Gasteiger partial charge in [-0.3, -0.25) is 14.4 Å². The van der Waals surface area contributed by atoms with Crippen molar-refractivity contribution in [2.45, 2.75) is 19.4 Å². The van der Waals surface area contributed by atoms with Gasteiger partial charge in [-0.1, -0.05) is 0 Å². The van der Waals surface area contributed by atoms with Crippen molar-refractivity contribution in [3.8, 4) is 11.3 Å². The van der Waals surface area contributed by atoms with Gasteiger partial charge in [0.05, 0.1) is 23.1 Å². The summed E-state index contributed by atoms with van der Waals surface area (Å²) in [5.41, 5.74) is 4.06. The van der Waals surface area contributed by atoms with Crippen molar-refractivity contribution >= 4 is 22.6 Å². The first-order valence-corrected chi connectivity index (χ1v) is 10.6. The molecule has 0 unspecified atom stereocenters. The summed E-state index contributed by atoms with van der Waals surface area (Å²) in [7, 11) is 1.96. The average Bonchev–Trinajstić information content (AvgIpc) is 3.44. The van der Waals surface area contributed by atoms with E-state index in [9.17, 15) is 9.18 Å². The molecule has 0 atom stereocenters. The predicted molar refractivity (Wildman–Crippen MR) is 121 cm³/mol. The van der Waals surface area contributed by atoms with Crippen LogP contribution in [0.1, 0.15) is 28.9 Å². The molecule has 0 saturated carbocycles. The first-order valence-electron chi connectivity index (χ1n) is 10.6. The summed E-state index contributed by atoms with van der Waals surface area (Å²) in [6.07, 6.45) is 6.01. The number of hydrogen-bond acceptors (Lipinski definition) is 5. The highest BCUT2D eigenvalue weighted by Gasteiger charge is 2.18. The Morgan fingerprint density at radius 3 is 2.66 bits per heavy atom. The maximum atomic E-state index is 13.1. The molecule has 8 heteroatoms. The van der Waals surface area contributed by atoms with Crippen LogP contribution in [-0.4, -0.2) is 43.6 Å². The Bertz CT molecular complexity index is 1280. The summed E-state index contributed by atoms with van der Waals surface area (Å²) in [4.78, 5) is 24.0. The number of nitrogens with zero attached hydrogens (tertiary/aromatic N) is 5. The summed E-state index contributed by atoms with van der Waals surface area (Å²) in [5, 5.41) is 8.10. The molecule has 1 aliphatic rings. The lowest BCUT2D eigenvalue weighted by Crippen LogP contribution is -2.20. The summed E-state index contributed by atoms with van der Waals surface area (Å²) < 4.78 is 15.0. The van der Waals surface area contributed by atoms with Gasteiger partial charge in [-0.05, 0) is 62.3 Å². The summed E-state index contributed by atoms with van der Waals surface area (Å²) >= 11 is 0. The Balaban J connectivity index is 1.43. The van der Waals surface area contributed by atoms with Crippen LogP contribution in [0.2, 0.25) is 0 Å². The van der Waals surface area contributed by atoms with Crippen LogP contribution in [0, 0.1) is 5.82 Å². The lowest BCUT2D eigenvalue weighted by Gasteiger charge is -2.16. The number of hydrogen-bond donors (Lipinski definition) is 1. The van der Waals surface area contributed by atoms with Crippen molar-refractivity contribution in [1.29, 1.82) is 0 Å². The Labute approximate surface area is 184 Å². The molecule has 7 nitrogen and oxygen atoms in total. The molecule has 1 saturated heterocycles. The molecular formula is C24H23FN6O. The van der Waals surface area contributed by atoms with Gasteiger partial charge in [-0.15, -0.1) is 0 Å². The fourth-order valence-corrected chi connectivity index (χ4v) is 4.04. The zero-order valence-electron chi connectivity index (χ0n) is 17.8. The van der Waals surface area contributed by atoms with E-state index in [2.05, 4.69) is 20.3 Å². The minimum Gasteiger partial charge on any atom is -0.307 e. The molecule has 1 aromatic carbocycles. The third-order valence-electron chi connectivity index (χ3n) is 5.83. The van der Waals surface area contributed by atoms with E-state index in [-0.39, 0.29) is 11.7 Å². The number of nitrogens with one attached hydrogen (secondary N) is 1. The predicted octanol–water partition coefficient (Wildman–Crippen LogP) is 4.02. The summed E-state index contributed by atoms with van der Waals surface area (Å²) in [6.45, 7) is 3.07. The lowest BCUT2D eigenvalue weighted by atomic mass is 10.1. The topological polar surface area (TPSA) is 75.9 Å². The molecule has 1 amide bonds. The van der Waals surface area contributed by atoms with Gasteiger partial charge in [0, 0.05) is 42.4 Å². The Morgan fingerprint density at radius 2 is 1.88 bits per heavy atom. The van der Waals surface area contributed by atoms with Gasteiger partial charge in [-0.2, -0.15) is 5.10 Å². The second kappa shape index (κ2) is 8.47. The number of fused-ring (bicyclic) bond motifs is 1. The smallest absolute Gasteiger partial charge is 0.256 e. The lowest BCUT2D eigenvalue weighted by molar-refractivity contribution is 0.102. The number of rotatable bonds is 5. The van der Waals surface area contributed by atoms with E-state index in [4.69, 9.17) is 4.98 Å². The number of amides is 1. The fourth-order valence-electron chi connectivity index (χ4n) is 4.04. The Morgan fingerprint density at radius 1 is 1.09 bits per heavy atom. The number of anilines is 1. The minimum absolute atomic E-state index is 0.354. The third-order valence-corrected chi connectivity index (χ3v) is 5.83. The van der Waals surface area contributed by atoms with E-state index in [1.54, 1.807) is 12.3 Å². The molecule has 1 fully saturated rings. The van der Waals surface area contributed by atoms with E-state index < -0.39 is 0 Å². The van der Waals surface area contributed by atoms with E-state index in [1.165, 1.54) is 37.1 Å². The number of pyridine rings is 2. The third kappa shape index (κ3) is 4.09. The number of carbonyl (C=O) groups is 1. The highest BCUT2D eigenvalue weighted by Crippen LogP contribution is 2.26. The molecule has 4 heterocycles. The molecule has 4 aromatic rings. The van der Waals surface area contributed by atoms with Gasteiger partial charge in [0.25, 0.3) is 5.91 Å². The zero-order chi connectivity index (χ0) is 22.1. The van der Waals surface area contributed by atoms with Crippen LogP contribution in [-0.2, 0) is 13.6 Å². The van der Waals surface area contributed by atoms with Crippen molar-refractivity contribution in [2.24, 2.45) is 7.05 Å². The highest BCUT2D eigenvalue weighted by molar-refractivity contribution is 6.04. The van der Waals surface area contributed by atoms with Crippen LogP contribution in [0.15, 0.2) is 54.9 Å². The first-order chi connectivity index (χ1) is 15.6. The quantitative estimate of drug-likeness (QED) is 0.518. The highest BCUT2D eigenvalue weighted by atomic mass is 19.1. The van der Waals surface area contributed by atoms with Gasteiger partial charge < -0.3 is 5.32 Å². The molecule has 0 aliphatic carbocycles. The van der Waals surface area contributed by atoms with Gasteiger partial charge >= 0.3 is 0 Å². The monoisotopic (exact) mass is 430 g/mol. The molecule has 1 aliphatic heterocycles. The Hall–Kier alpha value is -3.65. The van der Waals surface area contributed by atoms with Crippen molar-refractivity contribution in [2.75, 3.05) is 18.4 Å². The largest absolute Gasteiger partial charge is 0.307 e. The van der Waals surface area contributed by atoms with E-state index in [1.807, 2.05) is 30.1 Å². The van der Waals surface area contributed by atoms with Crippen LogP contribution >= 0.6 is 0 Å². The number of likely N-dealkylation sites (tertiary alicyclic amines) is 1. The molecule has 5 rings (SSSR count). The minimum atomic E-state index is -0.387. The van der Waals surface area contributed by atoms with Crippen LogP contribution in [0.3, 0.4) is 0 Å². The zero-order valence-corrected chi connectivity index (χ0v) is 17.8. The molecule has 1 N–H and O–H groups in total. The van der Waals surface area contributed by atoms with Crippen LogP contribution in [0.25, 0.3) is 22.2 Å². The van der Waals surface area contributed by atoms with Crippen LogP contribution in [0.5, 0.6) is 0 Å². The second-order valence-electron chi connectivity index (χ2n) is 8.03. The molecular weight excluding hydrogens is 407 g/mol. The number of benzene rings is 1. The molecule has 32 heavy (non-hydrogen) atoms.